The van der Waals surface area contributed by atoms with Gasteiger partial charge in [-0.25, -0.2) is 4.98 Å². The smallest absolute Gasteiger partial charge is 0.224 e. The average Bonchev–Trinajstić information content (AvgIpc) is 3.16. The van der Waals surface area contributed by atoms with Gasteiger partial charge in [-0.2, -0.15) is 9.97 Å². The molecule has 0 atom stereocenters. The van der Waals surface area contributed by atoms with Gasteiger partial charge in [-0.1, -0.05) is 12.8 Å². The van der Waals surface area contributed by atoms with Crippen molar-refractivity contribution in [3.05, 3.63) is 6.33 Å². The van der Waals surface area contributed by atoms with E-state index in [4.69, 9.17) is 5.73 Å². The highest BCUT2D eigenvalue weighted by Gasteiger charge is 2.22. The maximum Gasteiger partial charge on any atom is 0.224 e. The Bertz CT molecular complexity index is 653. The number of imidazole rings is 1. The molecule has 0 unspecified atom stereocenters. The van der Waals surface area contributed by atoms with Crippen molar-refractivity contribution in [3.8, 4) is 0 Å². The van der Waals surface area contributed by atoms with E-state index in [-0.39, 0.29) is 0 Å². The van der Waals surface area contributed by atoms with Crippen molar-refractivity contribution in [1.82, 2.24) is 24.8 Å². The quantitative estimate of drug-likeness (QED) is 0.798. The number of nitrogens with one attached hydrogen (secondary N) is 2. The molecule has 0 amide bonds. The monoisotopic (exact) mass is 301 g/mol. The molecule has 0 aromatic carbocycles. The fourth-order valence-electron chi connectivity index (χ4n) is 3.64. The van der Waals surface area contributed by atoms with Crippen molar-refractivity contribution in [2.45, 2.75) is 50.6 Å². The first kappa shape index (κ1) is 13.8. The summed E-state index contributed by atoms with van der Waals surface area (Å²) in [7, 11) is 0. The lowest BCUT2D eigenvalue weighted by molar-refractivity contribution is 0.478. The molecule has 0 radical (unpaired) electrons. The normalized spacial score (nSPS) is 20.7. The van der Waals surface area contributed by atoms with Gasteiger partial charge in [0.2, 0.25) is 5.95 Å². The van der Waals surface area contributed by atoms with E-state index in [1.165, 1.54) is 25.7 Å². The highest BCUT2D eigenvalue weighted by atomic mass is 15.2. The number of hydrogen-bond acceptors (Lipinski definition) is 6. The maximum atomic E-state index is 5.94. The molecule has 22 heavy (non-hydrogen) atoms. The zero-order chi connectivity index (χ0) is 14.9. The summed E-state index contributed by atoms with van der Waals surface area (Å²) < 4.78 is 2.19. The van der Waals surface area contributed by atoms with Crippen LogP contribution in [0.15, 0.2) is 6.33 Å². The largest absolute Gasteiger partial charge is 0.368 e. The Morgan fingerprint density at radius 1 is 1.14 bits per heavy atom. The van der Waals surface area contributed by atoms with Gasteiger partial charge in [0, 0.05) is 12.1 Å². The molecule has 1 aliphatic heterocycles. The van der Waals surface area contributed by atoms with Crippen molar-refractivity contribution < 1.29 is 0 Å². The number of nitrogens with zero attached hydrogens (tertiary/aromatic N) is 4. The summed E-state index contributed by atoms with van der Waals surface area (Å²) in [5.41, 5.74) is 7.66. The van der Waals surface area contributed by atoms with Gasteiger partial charge in [0.25, 0.3) is 0 Å². The number of nitrogens with two attached hydrogens (primary N) is 1. The standard InChI is InChI=1S/C15H23N7/c16-15-20-13(19-10-5-7-17-8-6-10)12-14(21-15)22(9-18-12)11-3-1-2-4-11/h9-11,17H,1-8H2,(H3,16,19,20,21). The second-order valence-corrected chi connectivity index (χ2v) is 6.36. The molecule has 2 aromatic rings. The first-order valence-corrected chi connectivity index (χ1v) is 8.28. The van der Waals surface area contributed by atoms with Crippen LogP contribution in [0, 0.1) is 0 Å². The Morgan fingerprint density at radius 2 is 1.91 bits per heavy atom. The molecule has 2 fully saturated rings. The van der Waals surface area contributed by atoms with Crippen LogP contribution in [0.4, 0.5) is 11.8 Å². The highest BCUT2D eigenvalue weighted by Crippen LogP contribution is 2.33. The number of piperidine rings is 1. The van der Waals surface area contributed by atoms with Gasteiger partial charge in [-0.3, -0.25) is 0 Å². The van der Waals surface area contributed by atoms with Crippen LogP contribution in [0.5, 0.6) is 0 Å². The first-order chi connectivity index (χ1) is 10.8. The number of hydrogen-bond donors (Lipinski definition) is 3. The minimum Gasteiger partial charge on any atom is -0.368 e. The van der Waals surface area contributed by atoms with Crippen LogP contribution in [-0.4, -0.2) is 38.7 Å². The number of aromatic nitrogens is 4. The van der Waals surface area contributed by atoms with E-state index in [9.17, 15) is 0 Å². The Labute approximate surface area is 129 Å². The second kappa shape index (κ2) is 5.72. The zero-order valence-corrected chi connectivity index (χ0v) is 12.8. The Kier molecular flexibility index (Phi) is 3.57. The number of anilines is 2. The van der Waals surface area contributed by atoms with Gasteiger partial charge >= 0.3 is 0 Å². The van der Waals surface area contributed by atoms with Crippen molar-refractivity contribution in [2.75, 3.05) is 24.1 Å². The van der Waals surface area contributed by atoms with Gasteiger partial charge in [-0.15, -0.1) is 0 Å². The molecule has 0 bridgehead atoms. The summed E-state index contributed by atoms with van der Waals surface area (Å²) in [6.45, 7) is 2.08. The van der Waals surface area contributed by atoms with Crippen LogP contribution < -0.4 is 16.4 Å². The van der Waals surface area contributed by atoms with Crippen molar-refractivity contribution in [2.24, 2.45) is 0 Å². The molecule has 2 aliphatic rings. The molecule has 1 saturated heterocycles. The topological polar surface area (TPSA) is 93.7 Å². The molecule has 3 heterocycles. The minimum absolute atomic E-state index is 0.323. The predicted molar refractivity (Wildman–Crippen MR) is 86.8 cm³/mol. The molecule has 4 rings (SSSR count). The van der Waals surface area contributed by atoms with Gasteiger partial charge < -0.3 is 20.9 Å². The minimum atomic E-state index is 0.323. The highest BCUT2D eigenvalue weighted by molar-refractivity contribution is 5.84. The Balaban J connectivity index is 1.68. The third-order valence-corrected chi connectivity index (χ3v) is 4.84. The summed E-state index contributed by atoms with van der Waals surface area (Å²) in [6.07, 6.45) is 9.06. The van der Waals surface area contributed by atoms with E-state index in [0.29, 0.717) is 18.0 Å². The van der Waals surface area contributed by atoms with Crippen LogP contribution in [0.2, 0.25) is 0 Å². The Hall–Kier alpha value is -1.89. The van der Waals surface area contributed by atoms with Crippen LogP contribution in [0.3, 0.4) is 0 Å². The van der Waals surface area contributed by atoms with E-state index in [2.05, 4.69) is 30.2 Å². The maximum absolute atomic E-state index is 5.94. The zero-order valence-electron chi connectivity index (χ0n) is 12.8. The molecule has 1 saturated carbocycles. The third-order valence-electron chi connectivity index (χ3n) is 4.84. The number of rotatable bonds is 3. The molecule has 4 N–H and O–H groups in total. The van der Waals surface area contributed by atoms with E-state index in [0.717, 1.165) is 42.9 Å². The lowest BCUT2D eigenvalue weighted by Gasteiger charge is -2.24. The summed E-state index contributed by atoms with van der Waals surface area (Å²) in [4.78, 5) is 13.4. The number of fused-ring (bicyclic) bond motifs is 1. The van der Waals surface area contributed by atoms with Gasteiger partial charge in [0.15, 0.2) is 17.0 Å². The van der Waals surface area contributed by atoms with Gasteiger partial charge in [0.05, 0.1) is 6.33 Å². The SMILES string of the molecule is Nc1nc(NC2CCNCC2)c2ncn(C3CCCC3)c2n1. The predicted octanol–water partition coefficient (Wildman–Crippen LogP) is 1.69. The van der Waals surface area contributed by atoms with Crippen LogP contribution >= 0.6 is 0 Å². The summed E-state index contributed by atoms with van der Waals surface area (Å²) in [5.74, 6) is 1.11. The van der Waals surface area contributed by atoms with Gasteiger partial charge in [-0.05, 0) is 38.8 Å². The second-order valence-electron chi connectivity index (χ2n) is 6.36. The fraction of sp³-hybridized carbons (Fsp3) is 0.667. The van der Waals surface area contributed by atoms with Crippen molar-refractivity contribution in [1.29, 1.82) is 0 Å². The molecule has 7 heteroatoms. The first-order valence-electron chi connectivity index (χ1n) is 8.28. The Morgan fingerprint density at radius 3 is 2.68 bits per heavy atom. The van der Waals surface area contributed by atoms with E-state index in [1.54, 1.807) is 0 Å². The van der Waals surface area contributed by atoms with E-state index in [1.807, 2.05) is 6.33 Å². The molecule has 2 aromatic heterocycles. The van der Waals surface area contributed by atoms with Crippen LogP contribution in [0.25, 0.3) is 11.2 Å². The van der Waals surface area contributed by atoms with Crippen LogP contribution in [0.1, 0.15) is 44.6 Å². The fourth-order valence-corrected chi connectivity index (χ4v) is 3.64. The van der Waals surface area contributed by atoms with Crippen molar-refractivity contribution in [3.63, 3.8) is 0 Å². The molecule has 0 spiro atoms. The summed E-state index contributed by atoms with van der Waals surface area (Å²) >= 11 is 0. The average molecular weight is 301 g/mol. The summed E-state index contributed by atoms with van der Waals surface area (Å²) in [5, 5.41) is 6.89. The molecule has 7 nitrogen and oxygen atoms in total. The lowest BCUT2D eigenvalue weighted by atomic mass is 10.1. The molecule has 118 valence electrons. The van der Waals surface area contributed by atoms with E-state index < -0.39 is 0 Å². The van der Waals surface area contributed by atoms with Crippen molar-refractivity contribution >= 4 is 22.9 Å². The third kappa shape index (κ3) is 2.49. The number of nitrogen functional groups attached to an aromatic ring is 1. The van der Waals surface area contributed by atoms with Crippen LogP contribution in [-0.2, 0) is 0 Å². The molecule has 1 aliphatic carbocycles. The van der Waals surface area contributed by atoms with Gasteiger partial charge in [0.1, 0.15) is 0 Å². The lowest BCUT2D eigenvalue weighted by Crippen LogP contribution is -2.35. The molecular formula is C15H23N7. The molecular weight excluding hydrogens is 278 g/mol. The summed E-state index contributed by atoms with van der Waals surface area (Å²) in [6, 6.07) is 0.932. The van der Waals surface area contributed by atoms with E-state index >= 15 is 0 Å².